The molecule has 0 unspecified atom stereocenters. The number of thiocarbonyl (C=S) groups is 1. The first-order valence-electron chi connectivity index (χ1n) is 10.5. The molecule has 2 aromatic heterocycles. The van der Waals surface area contributed by atoms with Crippen LogP contribution in [-0.2, 0) is 11.3 Å². The SMILES string of the molecule is Cc1cccn2c(=O)c(/C=C3/SC(=S)N(Cc4ccccc4Cl)C3=O)c(NCC(C)C)nc12. The van der Waals surface area contributed by atoms with Gasteiger partial charge in [0.25, 0.3) is 11.5 Å². The Morgan fingerprint density at radius 3 is 2.70 bits per heavy atom. The zero-order valence-corrected chi connectivity index (χ0v) is 20.9. The van der Waals surface area contributed by atoms with Gasteiger partial charge in [-0.1, -0.05) is 73.7 Å². The van der Waals surface area contributed by atoms with Gasteiger partial charge >= 0.3 is 0 Å². The number of aromatic nitrogens is 2. The second-order valence-corrected chi connectivity index (χ2v) is 10.3. The normalized spacial score (nSPS) is 15.3. The first kappa shape index (κ1) is 23.5. The van der Waals surface area contributed by atoms with Crippen molar-refractivity contribution in [1.29, 1.82) is 0 Å². The lowest BCUT2D eigenvalue weighted by atomic mass is 10.2. The van der Waals surface area contributed by atoms with Crippen molar-refractivity contribution in [3.63, 3.8) is 0 Å². The van der Waals surface area contributed by atoms with E-state index in [1.54, 1.807) is 24.4 Å². The van der Waals surface area contributed by atoms with Gasteiger partial charge in [-0.15, -0.1) is 0 Å². The smallest absolute Gasteiger partial charge is 0.267 e. The van der Waals surface area contributed by atoms with Gasteiger partial charge in [0.05, 0.1) is 17.0 Å². The van der Waals surface area contributed by atoms with Crippen LogP contribution in [0.1, 0.15) is 30.5 Å². The fraction of sp³-hybridized carbons (Fsp3) is 0.250. The molecule has 1 aliphatic rings. The van der Waals surface area contributed by atoms with Crippen molar-refractivity contribution in [2.75, 3.05) is 11.9 Å². The number of fused-ring (bicyclic) bond motifs is 1. The van der Waals surface area contributed by atoms with E-state index in [0.717, 1.165) is 11.1 Å². The quantitative estimate of drug-likeness (QED) is 0.375. The number of hydrogen-bond acceptors (Lipinski definition) is 6. The number of carbonyl (C=O) groups excluding carboxylic acids is 1. The van der Waals surface area contributed by atoms with E-state index in [1.165, 1.54) is 21.1 Å². The molecule has 0 bridgehead atoms. The highest BCUT2D eigenvalue weighted by Gasteiger charge is 2.33. The summed E-state index contributed by atoms with van der Waals surface area (Å²) in [6, 6.07) is 11.1. The van der Waals surface area contributed by atoms with Crippen LogP contribution in [0.15, 0.2) is 52.3 Å². The highest BCUT2D eigenvalue weighted by Crippen LogP contribution is 2.35. The summed E-state index contributed by atoms with van der Waals surface area (Å²) < 4.78 is 1.93. The predicted molar refractivity (Wildman–Crippen MR) is 140 cm³/mol. The van der Waals surface area contributed by atoms with E-state index in [1.807, 2.05) is 31.2 Å². The number of halogens is 1. The van der Waals surface area contributed by atoms with Crippen LogP contribution in [-0.4, -0.2) is 31.1 Å². The van der Waals surface area contributed by atoms with E-state index in [2.05, 4.69) is 19.2 Å². The van der Waals surface area contributed by atoms with E-state index in [4.69, 9.17) is 28.8 Å². The van der Waals surface area contributed by atoms with Crippen LogP contribution in [0, 0.1) is 12.8 Å². The standard InChI is InChI=1S/C24H23ClN4O2S2/c1-14(2)12-26-20-17(22(30)28-10-6-7-15(3)21(28)27-20)11-19-23(31)29(24(32)33-19)13-16-8-4-5-9-18(16)25/h4-11,14,26H,12-13H2,1-3H3/b19-11+. The van der Waals surface area contributed by atoms with Crippen LogP contribution in [0.2, 0.25) is 5.02 Å². The third-order valence-electron chi connectivity index (χ3n) is 5.20. The minimum atomic E-state index is -0.256. The summed E-state index contributed by atoms with van der Waals surface area (Å²) in [5, 5.41) is 3.85. The number of rotatable bonds is 6. The molecule has 3 aromatic rings. The molecule has 0 aliphatic carbocycles. The topological polar surface area (TPSA) is 66.7 Å². The zero-order valence-electron chi connectivity index (χ0n) is 18.5. The lowest BCUT2D eigenvalue weighted by molar-refractivity contribution is -0.122. The molecule has 0 saturated carbocycles. The Morgan fingerprint density at radius 2 is 1.97 bits per heavy atom. The van der Waals surface area contributed by atoms with Gasteiger partial charge in [-0.2, -0.15) is 0 Å². The van der Waals surface area contributed by atoms with E-state index in [0.29, 0.717) is 43.7 Å². The van der Waals surface area contributed by atoms with Crippen LogP contribution >= 0.6 is 35.6 Å². The number of carbonyl (C=O) groups is 1. The van der Waals surface area contributed by atoms with Crippen molar-refractivity contribution < 1.29 is 4.79 Å². The maximum absolute atomic E-state index is 13.4. The molecule has 1 aliphatic heterocycles. The Labute approximate surface area is 206 Å². The van der Waals surface area contributed by atoms with Crippen LogP contribution < -0.4 is 10.9 Å². The maximum Gasteiger partial charge on any atom is 0.267 e. The molecule has 3 heterocycles. The molecule has 1 fully saturated rings. The van der Waals surface area contributed by atoms with E-state index in [-0.39, 0.29) is 18.0 Å². The highest BCUT2D eigenvalue weighted by atomic mass is 35.5. The molecule has 1 aromatic carbocycles. The molecule has 0 atom stereocenters. The Hall–Kier alpha value is -2.68. The molecule has 33 heavy (non-hydrogen) atoms. The predicted octanol–water partition coefficient (Wildman–Crippen LogP) is 5.13. The van der Waals surface area contributed by atoms with Crippen LogP contribution in [0.5, 0.6) is 0 Å². The Balaban J connectivity index is 1.76. The van der Waals surface area contributed by atoms with Crippen molar-refractivity contribution >= 4 is 63.3 Å². The molecule has 9 heteroatoms. The van der Waals surface area contributed by atoms with Crippen LogP contribution in [0.4, 0.5) is 5.82 Å². The number of thioether (sulfide) groups is 1. The number of benzene rings is 1. The molecule has 1 N–H and O–H groups in total. The van der Waals surface area contributed by atoms with Gasteiger partial charge in [-0.3, -0.25) is 18.9 Å². The van der Waals surface area contributed by atoms with E-state index >= 15 is 0 Å². The minimum absolute atomic E-state index is 0.244. The highest BCUT2D eigenvalue weighted by molar-refractivity contribution is 8.26. The van der Waals surface area contributed by atoms with Crippen LogP contribution in [0.25, 0.3) is 11.7 Å². The lowest BCUT2D eigenvalue weighted by Gasteiger charge is -2.15. The van der Waals surface area contributed by atoms with Gasteiger partial charge in [-0.05, 0) is 42.2 Å². The fourth-order valence-corrected chi connectivity index (χ4v) is 4.87. The van der Waals surface area contributed by atoms with Gasteiger partial charge in [0.2, 0.25) is 0 Å². The number of nitrogens with zero attached hydrogens (tertiary/aromatic N) is 3. The average Bonchev–Trinajstić information content (AvgIpc) is 3.04. The molecule has 6 nitrogen and oxygen atoms in total. The van der Waals surface area contributed by atoms with Gasteiger partial charge in [0.1, 0.15) is 15.8 Å². The first-order valence-corrected chi connectivity index (χ1v) is 12.1. The summed E-state index contributed by atoms with van der Waals surface area (Å²) >= 11 is 12.9. The third kappa shape index (κ3) is 4.83. The number of pyridine rings is 1. The molecular weight excluding hydrogens is 476 g/mol. The number of hydrogen-bond donors (Lipinski definition) is 1. The summed E-state index contributed by atoms with van der Waals surface area (Å²) in [6.45, 7) is 6.97. The summed E-state index contributed by atoms with van der Waals surface area (Å²) in [6.07, 6.45) is 3.28. The first-order chi connectivity index (χ1) is 15.8. The number of anilines is 1. The van der Waals surface area contributed by atoms with E-state index in [9.17, 15) is 9.59 Å². The van der Waals surface area contributed by atoms with Crippen molar-refractivity contribution in [3.8, 4) is 0 Å². The van der Waals surface area contributed by atoms with Crippen LogP contribution in [0.3, 0.4) is 0 Å². The molecule has 1 amide bonds. The summed E-state index contributed by atoms with van der Waals surface area (Å²) in [4.78, 5) is 33.2. The van der Waals surface area contributed by atoms with Crippen molar-refractivity contribution in [3.05, 3.63) is 79.6 Å². The third-order valence-corrected chi connectivity index (χ3v) is 6.94. The van der Waals surface area contributed by atoms with Crippen molar-refractivity contribution in [2.45, 2.75) is 27.3 Å². The summed E-state index contributed by atoms with van der Waals surface area (Å²) in [5.41, 5.74) is 2.36. The minimum Gasteiger partial charge on any atom is -0.369 e. The van der Waals surface area contributed by atoms with Gasteiger partial charge < -0.3 is 5.32 Å². The van der Waals surface area contributed by atoms with Gasteiger partial charge in [-0.25, -0.2) is 4.98 Å². The van der Waals surface area contributed by atoms with Crippen molar-refractivity contribution in [1.82, 2.24) is 14.3 Å². The molecular formula is C24H23ClN4O2S2. The van der Waals surface area contributed by atoms with Crippen molar-refractivity contribution in [2.24, 2.45) is 5.92 Å². The van der Waals surface area contributed by atoms with E-state index < -0.39 is 0 Å². The largest absolute Gasteiger partial charge is 0.369 e. The zero-order chi connectivity index (χ0) is 23.7. The Morgan fingerprint density at radius 1 is 1.21 bits per heavy atom. The summed E-state index contributed by atoms with van der Waals surface area (Å²) in [7, 11) is 0. The molecule has 0 spiro atoms. The summed E-state index contributed by atoms with van der Waals surface area (Å²) in [5.74, 6) is 0.552. The average molecular weight is 499 g/mol. The number of nitrogens with one attached hydrogen (secondary N) is 1. The monoisotopic (exact) mass is 498 g/mol. The Bertz CT molecular complexity index is 1350. The van der Waals surface area contributed by atoms with Gasteiger partial charge in [0, 0.05) is 17.8 Å². The Kier molecular flexibility index (Phi) is 6.88. The second-order valence-electron chi connectivity index (χ2n) is 8.20. The molecule has 170 valence electrons. The lowest BCUT2D eigenvalue weighted by Crippen LogP contribution is -2.27. The molecule has 1 saturated heterocycles. The molecule has 4 rings (SSSR count). The fourth-order valence-electron chi connectivity index (χ4n) is 3.44. The number of amides is 1. The second kappa shape index (κ2) is 9.67. The number of aryl methyl sites for hydroxylation is 1. The molecule has 0 radical (unpaired) electrons. The van der Waals surface area contributed by atoms with Gasteiger partial charge in [0.15, 0.2) is 0 Å². The maximum atomic E-state index is 13.4.